The average molecular weight is 416 g/mol. The lowest BCUT2D eigenvalue weighted by Crippen LogP contribution is -2.27. The lowest BCUT2D eigenvalue weighted by molar-refractivity contribution is 0.0635. The molecule has 0 spiro atoms. The van der Waals surface area contributed by atoms with Crippen LogP contribution in [0.3, 0.4) is 0 Å². The summed E-state index contributed by atoms with van der Waals surface area (Å²) in [6.45, 7) is 5.59. The zero-order chi connectivity index (χ0) is 22.3. The maximum Gasteiger partial charge on any atom is 0.412 e. The monoisotopic (exact) mass is 416 g/mol. The number of carbonyl (C=O) groups excluding carboxylic acids is 2. The molecule has 0 atom stereocenters. The van der Waals surface area contributed by atoms with Gasteiger partial charge in [-0.3, -0.25) is 10.1 Å². The van der Waals surface area contributed by atoms with Gasteiger partial charge in [0.25, 0.3) is 5.91 Å². The van der Waals surface area contributed by atoms with Gasteiger partial charge >= 0.3 is 6.09 Å². The summed E-state index contributed by atoms with van der Waals surface area (Å²) in [5.74, 6) is 1.39. The summed E-state index contributed by atoms with van der Waals surface area (Å²) in [7, 11) is 4.63. The summed E-state index contributed by atoms with van der Waals surface area (Å²) in [5.41, 5.74) is 1.13. The highest BCUT2D eigenvalue weighted by Crippen LogP contribution is 2.34. The lowest BCUT2D eigenvalue weighted by Gasteiger charge is -2.19. The van der Waals surface area contributed by atoms with Gasteiger partial charge in [-0.25, -0.2) is 4.79 Å². The maximum atomic E-state index is 12.5. The molecule has 162 valence electrons. The Morgan fingerprint density at radius 1 is 0.867 bits per heavy atom. The summed E-state index contributed by atoms with van der Waals surface area (Å²) < 4.78 is 21.1. The van der Waals surface area contributed by atoms with E-state index in [9.17, 15) is 9.59 Å². The highest BCUT2D eigenvalue weighted by atomic mass is 16.6. The van der Waals surface area contributed by atoms with E-state index in [1.807, 2.05) is 0 Å². The summed E-state index contributed by atoms with van der Waals surface area (Å²) in [4.78, 5) is 24.3. The second-order valence-corrected chi connectivity index (χ2v) is 7.41. The molecule has 2 N–H and O–H groups in total. The normalized spacial score (nSPS) is 10.7. The lowest BCUT2D eigenvalue weighted by atomic mass is 10.1. The smallest absolute Gasteiger partial charge is 0.412 e. The van der Waals surface area contributed by atoms with Gasteiger partial charge in [-0.2, -0.15) is 0 Å². The number of ether oxygens (including phenoxy) is 4. The molecule has 30 heavy (non-hydrogen) atoms. The molecule has 0 bridgehead atoms. The van der Waals surface area contributed by atoms with Crippen LogP contribution in [-0.4, -0.2) is 38.9 Å². The number of methoxy groups -OCH3 is 3. The Morgan fingerprint density at radius 3 is 1.97 bits per heavy atom. The van der Waals surface area contributed by atoms with E-state index in [4.69, 9.17) is 18.9 Å². The molecule has 2 aromatic rings. The van der Waals surface area contributed by atoms with E-state index in [-0.39, 0.29) is 12.5 Å². The molecular formula is C22H28N2O6. The topological polar surface area (TPSA) is 95.1 Å². The van der Waals surface area contributed by atoms with Crippen LogP contribution >= 0.6 is 0 Å². The molecule has 2 rings (SSSR count). The zero-order valence-electron chi connectivity index (χ0n) is 18.1. The third-order valence-corrected chi connectivity index (χ3v) is 4.02. The molecule has 8 heteroatoms. The van der Waals surface area contributed by atoms with Gasteiger partial charge in [0.1, 0.15) is 11.4 Å². The number of benzene rings is 2. The summed E-state index contributed by atoms with van der Waals surface area (Å²) in [6.07, 6.45) is -0.555. The Balaban J connectivity index is 2.02. The van der Waals surface area contributed by atoms with Crippen molar-refractivity contribution in [3.63, 3.8) is 0 Å². The minimum atomic E-state index is -0.588. The number of amides is 2. The van der Waals surface area contributed by atoms with E-state index in [0.29, 0.717) is 28.5 Å². The summed E-state index contributed by atoms with van der Waals surface area (Å²) in [6, 6.07) is 9.97. The van der Waals surface area contributed by atoms with Crippen molar-refractivity contribution in [2.24, 2.45) is 0 Å². The van der Waals surface area contributed by atoms with Gasteiger partial charge in [0.2, 0.25) is 0 Å². The molecule has 0 aliphatic carbocycles. The Morgan fingerprint density at radius 2 is 1.43 bits per heavy atom. The van der Waals surface area contributed by atoms with Gasteiger partial charge in [-0.15, -0.1) is 0 Å². The molecule has 0 heterocycles. The minimum absolute atomic E-state index is 0.236. The molecule has 0 aliphatic rings. The van der Waals surface area contributed by atoms with Crippen LogP contribution in [0.4, 0.5) is 10.5 Å². The van der Waals surface area contributed by atoms with Crippen molar-refractivity contribution < 1.29 is 28.5 Å². The number of hydrogen-bond donors (Lipinski definition) is 2. The van der Waals surface area contributed by atoms with E-state index in [2.05, 4.69) is 10.6 Å². The first kappa shape index (κ1) is 22.9. The predicted octanol–water partition coefficient (Wildman–Crippen LogP) is 3.99. The van der Waals surface area contributed by atoms with Gasteiger partial charge in [-0.05, 0) is 51.1 Å². The third-order valence-electron chi connectivity index (χ3n) is 4.02. The third kappa shape index (κ3) is 6.30. The fourth-order valence-electron chi connectivity index (χ4n) is 2.63. The van der Waals surface area contributed by atoms with E-state index in [1.54, 1.807) is 78.5 Å². The SMILES string of the molecule is COc1cc(OC)c(OC)cc1CNC(=O)c1ccc(NC(=O)OC(C)(C)C)cc1. The molecule has 2 amide bonds. The number of nitrogens with one attached hydrogen (secondary N) is 2. The van der Waals surface area contributed by atoms with Gasteiger partial charge < -0.3 is 24.3 Å². The standard InChI is InChI=1S/C22H28N2O6/c1-22(2,3)30-21(26)24-16-9-7-14(8-10-16)20(25)23-13-15-11-18(28-5)19(29-6)12-17(15)27-4/h7-12H,13H2,1-6H3,(H,23,25)(H,24,26). The van der Waals surface area contributed by atoms with Crippen LogP contribution in [0.25, 0.3) is 0 Å². The first-order valence-electron chi connectivity index (χ1n) is 9.34. The highest BCUT2D eigenvalue weighted by Gasteiger charge is 2.17. The van der Waals surface area contributed by atoms with Gasteiger partial charge in [0, 0.05) is 29.4 Å². The van der Waals surface area contributed by atoms with Crippen LogP contribution in [0.5, 0.6) is 17.2 Å². The second kappa shape index (κ2) is 9.87. The van der Waals surface area contributed by atoms with Crippen LogP contribution in [0.1, 0.15) is 36.7 Å². The zero-order valence-corrected chi connectivity index (χ0v) is 18.1. The van der Waals surface area contributed by atoms with E-state index in [0.717, 1.165) is 5.56 Å². The van der Waals surface area contributed by atoms with E-state index >= 15 is 0 Å². The van der Waals surface area contributed by atoms with Gasteiger partial charge in [0.05, 0.1) is 21.3 Å². The first-order valence-corrected chi connectivity index (χ1v) is 9.34. The molecule has 0 saturated carbocycles. The first-order chi connectivity index (χ1) is 14.2. The predicted molar refractivity (Wildman–Crippen MR) is 114 cm³/mol. The molecule has 0 aliphatic heterocycles. The molecule has 0 aromatic heterocycles. The van der Waals surface area contributed by atoms with Crippen molar-refractivity contribution in [2.45, 2.75) is 32.9 Å². The molecule has 2 aromatic carbocycles. The van der Waals surface area contributed by atoms with Gasteiger partial charge in [-0.1, -0.05) is 0 Å². The second-order valence-electron chi connectivity index (χ2n) is 7.41. The summed E-state index contributed by atoms with van der Waals surface area (Å²) in [5, 5.41) is 5.47. The highest BCUT2D eigenvalue weighted by molar-refractivity contribution is 5.95. The van der Waals surface area contributed by atoms with Crippen LogP contribution in [0.2, 0.25) is 0 Å². The van der Waals surface area contributed by atoms with Crippen molar-refractivity contribution in [1.82, 2.24) is 5.32 Å². The Bertz CT molecular complexity index is 888. The fourth-order valence-corrected chi connectivity index (χ4v) is 2.63. The van der Waals surface area contributed by atoms with E-state index < -0.39 is 11.7 Å². The van der Waals surface area contributed by atoms with Crippen molar-refractivity contribution >= 4 is 17.7 Å². The minimum Gasteiger partial charge on any atom is -0.496 e. The molecule has 0 fully saturated rings. The van der Waals surface area contributed by atoms with Crippen LogP contribution in [-0.2, 0) is 11.3 Å². The van der Waals surface area contributed by atoms with Crippen molar-refractivity contribution in [2.75, 3.05) is 26.6 Å². The number of anilines is 1. The quantitative estimate of drug-likeness (QED) is 0.709. The van der Waals surface area contributed by atoms with Gasteiger partial charge in [0.15, 0.2) is 11.5 Å². The number of rotatable bonds is 7. The Labute approximate surface area is 176 Å². The van der Waals surface area contributed by atoms with Crippen molar-refractivity contribution in [1.29, 1.82) is 0 Å². The number of hydrogen-bond acceptors (Lipinski definition) is 6. The maximum absolute atomic E-state index is 12.5. The largest absolute Gasteiger partial charge is 0.496 e. The summed E-state index contributed by atoms with van der Waals surface area (Å²) >= 11 is 0. The molecule has 0 radical (unpaired) electrons. The van der Waals surface area contributed by atoms with E-state index in [1.165, 1.54) is 0 Å². The van der Waals surface area contributed by atoms with Crippen LogP contribution < -0.4 is 24.8 Å². The Hall–Kier alpha value is -3.42. The number of carbonyl (C=O) groups is 2. The van der Waals surface area contributed by atoms with Crippen LogP contribution in [0.15, 0.2) is 36.4 Å². The molecule has 0 unspecified atom stereocenters. The Kier molecular flexibility index (Phi) is 7.52. The molecule has 8 nitrogen and oxygen atoms in total. The molecule has 0 saturated heterocycles. The van der Waals surface area contributed by atoms with Crippen molar-refractivity contribution in [3.8, 4) is 17.2 Å². The van der Waals surface area contributed by atoms with Crippen LogP contribution in [0, 0.1) is 0 Å². The van der Waals surface area contributed by atoms with Crippen molar-refractivity contribution in [3.05, 3.63) is 47.5 Å². The average Bonchev–Trinajstić information content (AvgIpc) is 2.70. The molecular weight excluding hydrogens is 388 g/mol. The fraction of sp³-hybridized carbons (Fsp3) is 0.364.